The molecule has 0 saturated heterocycles. The second-order valence-electron chi connectivity index (χ2n) is 3.24. The SMILES string of the molecule is C=CCC(=O)N[C@@H](C(=O)O)c1ccccc1. The first kappa shape index (κ1) is 12.0. The Balaban J connectivity index is 2.80. The number of carboxylic acids is 1. The van der Waals surface area contributed by atoms with Crippen LogP contribution in [0.5, 0.6) is 0 Å². The minimum Gasteiger partial charge on any atom is -0.479 e. The highest BCUT2D eigenvalue weighted by molar-refractivity contribution is 5.85. The fourth-order valence-corrected chi connectivity index (χ4v) is 1.28. The first-order chi connectivity index (χ1) is 7.65. The molecule has 0 spiro atoms. The molecule has 0 heterocycles. The molecule has 1 amide bonds. The lowest BCUT2D eigenvalue weighted by Crippen LogP contribution is -2.33. The van der Waals surface area contributed by atoms with E-state index < -0.39 is 12.0 Å². The van der Waals surface area contributed by atoms with E-state index in [0.29, 0.717) is 5.56 Å². The fourth-order valence-electron chi connectivity index (χ4n) is 1.28. The van der Waals surface area contributed by atoms with Crippen LogP contribution in [-0.2, 0) is 9.59 Å². The van der Waals surface area contributed by atoms with Crippen molar-refractivity contribution in [1.82, 2.24) is 5.32 Å². The summed E-state index contributed by atoms with van der Waals surface area (Å²) in [4.78, 5) is 22.3. The van der Waals surface area contributed by atoms with E-state index in [2.05, 4.69) is 11.9 Å². The zero-order chi connectivity index (χ0) is 12.0. The van der Waals surface area contributed by atoms with Crippen molar-refractivity contribution in [1.29, 1.82) is 0 Å². The van der Waals surface area contributed by atoms with Crippen LogP contribution in [0.1, 0.15) is 18.0 Å². The van der Waals surface area contributed by atoms with Crippen molar-refractivity contribution < 1.29 is 14.7 Å². The second kappa shape index (κ2) is 5.70. The molecule has 4 nitrogen and oxygen atoms in total. The number of rotatable bonds is 5. The van der Waals surface area contributed by atoms with Crippen molar-refractivity contribution in [3.8, 4) is 0 Å². The van der Waals surface area contributed by atoms with Crippen LogP contribution >= 0.6 is 0 Å². The molecular weight excluding hydrogens is 206 g/mol. The Morgan fingerprint density at radius 2 is 2.00 bits per heavy atom. The van der Waals surface area contributed by atoms with Crippen LogP contribution in [0.4, 0.5) is 0 Å². The highest BCUT2D eigenvalue weighted by Gasteiger charge is 2.20. The highest BCUT2D eigenvalue weighted by atomic mass is 16.4. The van der Waals surface area contributed by atoms with E-state index >= 15 is 0 Å². The number of hydrogen-bond donors (Lipinski definition) is 2. The molecule has 0 aromatic heterocycles. The number of hydrogen-bond acceptors (Lipinski definition) is 2. The summed E-state index contributed by atoms with van der Waals surface area (Å²) in [6, 6.07) is 7.55. The standard InChI is InChI=1S/C12H13NO3/c1-2-6-10(14)13-11(12(15)16)9-7-4-3-5-8-9/h2-5,7-8,11H,1,6H2,(H,13,14)(H,15,16)/t11-/m1/s1. The van der Waals surface area contributed by atoms with Gasteiger partial charge in [0.1, 0.15) is 0 Å². The van der Waals surface area contributed by atoms with Gasteiger partial charge in [0.25, 0.3) is 0 Å². The Hall–Kier alpha value is -2.10. The minimum atomic E-state index is -1.08. The smallest absolute Gasteiger partial charge is 0.330 e. The van der Waals surface area contributed by atoms with Crippen molar-refractivity contribution in [2.24, 2.45) is 0 Å². The van der Waals surface area contributed by atoms with Crippen LogP contribution in [0.15, 0.2) is 43.0 Å². The third-order valence-electron chi connectivity index (χ3n) is 2.01. The molecule has 0 bridgehead atoms. The van der Waals surface area contributed by atoms with Gasteiger partial charge in [-0.05, 0) is 5.56 Å². The molecule has 0 aliphatic rings. The molecule has 0 aliphatic heterocycles. The number of nitrogens with one attached hydrogen (secondary N) is 1. The van der Waals surface area contributed by atoms with Crippen molar-refractivity contribution in [2.45, 2.75) is 12.5 Å². The lowest BCUT2D eigenvalue weighted by atomic mass is 10.1. The molecule has 1 aromatic carbocycles. The monoisotopic (exact) mass is 219 g/mol. The van der Waals surface area contributed by atoms with E-state index in [4.69, 9.17) is 5.11 Å². The van der Waals surface area contributed by atoms with Crippen LogP contribution in [-0.4, -0.2) is 17.0 Å². The molecule has 0 aliphatic carbocycles. The minimum absolute atomic E-state index is 0.108. The van der Waals surface area contributed by atoms with E-state index in [1.807, 2.05) is 0 Å². The van der Waals surface area contributed by atoms with Crippen molar-refractivity contribution in [3.05, 3.63) is 48.6 Å². The molecule has 0 radical (unpaired) electrons. The van der Waals surface area contributed by atoms with Gasteiger partial charge in [0.05, 0.1) is 0 Å². The van der Waals surface area contributed by atoms with Crippen LogP contribution in [0, 0.1) is 0 Å². The Labute approximate surface area is 93.6 Å². The zero-order valence-electron chi connectivity index (χ0n) is 8.72. The van der Waals surface area contributed by atoms with E-state index in [1.165, 1.54) is 6.08 Å². The van der Waals surface area contributed by atoms with Gasteiger partial charge >= 0.3 is 5.97 Å². The molecule has 2 N–H and O–H groups in total. The molecule has 0 saturated carbocycles. The Morgan fingerprint density at radius 3 is 2.50 bits per heavy atom. The number of benzene rings is 1. The van der Waals surface area contributed by atoms with Crippen LogP contribution in [0.2, 0.25) is 0 Å². The average molecular weight is 219 g/mol. The number of carboxylic acid groups (broad SMARTS) is 1. The average Bonchev–Trinajstić information content (AvgIpc) is 2.27. The largest absolute Gasteiger partial charge is 0.479 e. The molecule has 1 aromatic rings. The summed E-state index contributed by atoms with van der Waals surface area (Å²) in [7, 11) is 0. The van der Waals surface area contributed by atoms with E-state index in [1.54, 1.807) is 30.3 Å². The van der Waals surface area contributed by atoms with Crippen molar-refractivity contribution in [3.63, 3.8) is 0 Å². The first-order valence-corrected chi connectivity index (χ1v) is 4.83. The van der Waals surface area contributed by atoms with E-state index in [9.17, 15) is 9.59 Å². The van der Waals surface area contributed by atoms with Gasteiger partial charge in [0.15, 0.2) is 6.04 Å². The normalized spacial score (nSPS) is 11.5. The number of aliphatic carboxylic acids is 1. The third kappa shape index (κ3) is 3.24. The van der Waals surface area contributed by atoms with Crippen LogP contribution in [0.3, 0.4) is 0 Å². The number of carbonyl (C=O) groups excluding carboxylic acids is 1. The van der Waals surface area contributed by atoms with Gasteiger partial charge in [0.2, 0.25) is 5.91 Å². The quantitative estimate of drug-likeness (QED) is 0.737. The molecule has 4 heteroatoms. The van der Waals surface area contributed by atoms with E-state index in [-0.39, 0.29) is 12.3 Å². The molecule has 84 valence electrons. The zero-order valence-corrected chi connectivity index (χ0v) is 8.72. The lowest BCUT2D eigenvalue weighted by molar-refractivity contribution is -0.141. The maximum Gasteiger partial charge on any atom is 0.330 e. The fraction of sp³-hybridized carbons (Fsp3) is 0.167. The molecule has 0 unspecified atom stereocenters. The summed E-state index contributed by atoms with van der Waals surface area (Å²) < 4.78 is 0. The first-order valence-electron chi connectivity index (χ1n) is 4.83. The summed E-state index contributed by atoms with van der Waals surface area (Å²) in [5, 5.41) is 11.4. The van der Waals surface area contributed by atoms with Crippen molar-refractivity contribution >= 4 is 11.9 Å². The molecule has 1 rings (SSSR count). The number of amides is 1. The highest BCUT2D eigenvalue weighted by Crippen LogP contribution is 2.12. The predicted molar refractivity (Wildman–Crippen MR) is 59.8 cm³/mol. The second-order valence-corrected chi connectivity index (χ2v) is 3.24. The third-order valence-corrected chi connectivity index (χ3v) is 2.01. The summed E-state index contributed by atoms with van der Waals surface area (Å²) in [6.07, 6.45) is 1.54. The van der Waals surface area contributed by atoms with Gasteiger partial charge in [-0.3, -0.25) is 4.79 Å². The van der Waals surface area contributed by atoms with Gasteiger partial charge in [0, 0.05) is 6.42 Å². The van der Waals surface area contributed by atoms with E-state index in [0.717, 1.165) is 0 Å². The van der Waals surface area contributed by atoms with Crippen LogP contribution < -0.4 is 5.32 Å². The molecule has 1 atom stereocenters. The Morgan fingerprint density at radius 1 is 1.38 bits per heavy atom. The maximum absolute atomic E-state index is 11.3. The molecular formula is C12H13NO3. The van der Waals surface area contributed by atoms with Gasteiger partial charge in [-0.25, -0.2) is 4.79 Å². The number of carbonyl (C=O) groups is 2. The van der Waals surface area contributed by atoms with Gasteiger partial charge in [-0.2, -0.15) is 0 Å². The van der Waals surface area contributed by atoms with Gasteiger partial charge in [-0.1, -0.05) is 36.4 Å². The molecule has 16 heavy (non-hydrogen) atoms. The van der Waals surface area contributed by atoms with Gasteiger partial charge < -0.3 is 10.4 Å². The molecule has 0 fully saturated rings. The van der Waals surface area contributed by atoms with Crippen molar-refractivity contribution in [2.75, 3.05) is 0 Å². The Kier molecular flexibility index (Phi) is 4.27. The lowest BCUT2D eigenvalue weighted by Gasteiger charge is -2.14. The predicted octanol–water partition coefficient (Wildman–Crippen LogP) is 1.50. The summed E-state index contributed by atoms with van der Waals surface area (Å²) in [6.45, 7) is 3.42. The van der Waals surface area contributed by atoms with Gasteiger partial charge in [-0.15, -0.1) is 6.58 Å². The Bertz CT molecular complexity index is 387. The van der Waals surface area contributed by atoms with Crippen LogP contribution in [0.25, 0.3) is 0 Å². The summed E-state index contributed by atoms with van der Waals surface area (Å²) >= 11 is 0. The maximum atomic E-state index is 11.3. The summed E-state index contributed by atoms with van der Waals surface area (Å²) in [5.41, 5.74) is 0.549. The topological polar surface area (TPSA) is 66.4 Å². The summed E-state index contributed by atoms with van der Waals surface area (Å²) in [5.74, 6) is -1.44.